The third kappa shape index (κ3) is 3.42. The molecule has 0 aliphatic rings. The van der Waals surface area contributed by atoms with Gasteiger partial charge in [0.2, 0.25) is 0 Å². The van der Waals surface area contributed by atoms with Gasteiger partial charge in [0.25, 0.3) is 5.91 Å². The van der Waals surface area contributed by atoms with E-state index >= 15 is 0 Å². The van der Waals surface area contributed by atoms with Crippen molar-refractivity contribution in [2.24, 2.45) is 0 Å². The Balaban J connectivity index is 2.16. The van der Waals surface area contributed by atoms with E-state index in [-0.39, 0.29) is 11.9 Å². The van der Waals surface area contributed by atoms with Gasteiger partial charge in [0.15, 0.2) is 0 Å². The molecule has 2 rings (SSSR count). The Kier molecular flexibility index (Phi) is 4.63. The van der Waals surface area contributed by atoms with E-state index in [0.717, 1.165) is 26.8 Å². The van der Waals surface area contributed by atoms with Gasteiger partial charge in [0.05, 0.1) is 16.7 Å². The first kappa shape index (κ1) is 15.5. The predicted molar refractivity (Wildman–Crippen MR) is 88.2 cm³/mol. The van der Waals surface area contributed by atoms with Gasteiger partial charge in [-0.15, -0.1) is 11.3 Å². The van der Waals surface area contributed by atoms with E-state index in [1.54, 1.807) is 11.3 Å². The van der Waals surface area contributed by atoms with E-state index in [0.29, 0.717) is 5.56 Å². The fourth-order valence-electron chi connectivity index (χ4n) is 2.36. The average molecular weight is 303 g/mol. The predicted octanol–water partition coefficient (Wildman–Crippen LogP) is 3.60. The molecule has 21 heavy (non-hydrogen) atoms. The second-order valence-corrected chi connectivity index (χ2v) is 6.39. The van der Waals surface area contributed by atoms with Crippen LogP contribution >= 0.6 is 11.3 Å². The first-order valence-corrected chi connectivity index (χ1v) is 7.77. The molecule has 0 bridgehead atoms. The number of nitrogens with zero attached hydrogens (tertiary/aromatic N) is 1. The summed E-state index contributed by atoms with van der Waals surface area (Å²) >= 11 is 1.63. The summed E-state index contributed by atoms with van der Waals surface area (Å²) in [7, 11) is 1.87. The van der Waals surface area contributed by atoms with Gasteiger partial charge in [-0.05, 0) is 51.5 Å². The smallest absolute Gasteiger partial charge is 0.252 e. The molecule has 1 unspecified atom stereocenters. The molecular formula is C16H21N3OS. The van der Waals surface area contributed by atoms with Crippen LogP contribution in [0.15, 0.2) is 18.2 Å². The van der Waals surface area contributed by atoms with E-state index in [4.69, 9.17) is 0 Å². The topological polar surface area (TPSA) is 54.0 Å². The number of thiazole rings is 1. The monoisotopic (exact) mass is 303 g/mol. The zero-order chi connectivity index (χ0) is 15.6. The number of carbonyl (C=O) groups is 1. The average Bonchev–Trinajstić information content (AvgIpc) is 2.77. The summed E-state index contributed by atoms with van der Waals surface area (Å²) in [4.78, 5) is 17.9. The normalized spacial score (nSPS) is 12.0. The molecular weight excluding hydrogens is 282 g/mol. The maximum Gasteiger partial charge on any atom is 0.252 e. The summed E-state index contributed by atoms with van der Waals surface area (Å²) in [6.07, 6.45) is 0. The molecule has 0 aliphatic heterocycles. The molecule has 1 heterocycles. The lowest BCUT2D eigenvalue weighted by Crippen LogP contribution is -2.27. The van der Waals surface area contributed by atoms with Gasteiger partial charge < -0.3 is 10.6 Å². The minimum absolute atomic E-state index is 0.0351. The highest BCUT2D eigenvalue weighted by molar-refractivity contribution is 7.11. The molecule has 2 aromatic rings. The van der Waals surface area contributed by atoms with Crippen molar-refractivity contribution in [1.29, 1.82) is 0 Å². The van der Waals surface area contributed by atoms with Crippen LogP contribution in [0.4, 0.5) is 5.69 Å². The highest BCUT2D eigenvalue weighted by Gasteiger charge is 2.17. The molecule has 5 heteroatoms. The van der Waals surface area contributed by atoms with E-state index in [9.17, 15) is 4.79 Å². The lowest BCUT2D eigenvalue weighted by atomic mass is 10.1. The number of carbonyl (C=O) groups excluding carboxylic acids is 1. The van der Waals surface area contributed by atoms with Crippen molar-refractivity contribution >= 4 is 22.9 Å². The van der Waals surface area contributed by atoms with Crippen molar-refractivity contribution < 1.29 is 4.79 Å². The fourth-order valence-corrected chi connectivity index (χ4v) is 3.29. The molecule has 1 amide bonds. The number of anilines is 1. The molecule has 0 saturated heterocycles. The molecule has 0 radical (unpaired) electrons. The first-order valence-electron chi connectivity index (χ1n) is 6.95. The number of rotatable bonds is 4. The molecule has 1 aromatic carbocycles. The van der Waals surface area contributed by atoms with E-state index in [1.165, 1.54) is 0 Å². The van der Waals surface area contributed by atoms with Crippen molar-refractivity contribution in [1.82, 2.24) is 10.3 Å². The van der Waals surface area contributed by atoms with Crippen molar-refractivity contribution in [3.8, 4) is 0 Å². The number of hydrogen-bond donors (Lipinski definition) is 2. The van der Waals surface area contributed by atoms with Gasteiger partial charge in [0, 0.05) is 23.2 Å². The van der Waals surface area contributed by atoms with Gasteiger partial charge in [-0.25, -0.2) is 4.98 Å². The van der Waals surface area contributed by atoms with Crippen LogP contribution in [0.2, 0.25) is 0 Å². The number of hydrogen-bond acceptors (Lipinski definition) is 4. The Labute approximate surface area is 129 Å². The number of aryl methyl sites for hydroxylation is 3. The third-order valence-corrected chi connectivity index (χ3v) is 4.70. The fraction of sp³-hybridized carbons (Fsp3) is 0.375. The summed E-state index contributed by atoms with van der Waals surface area (Å²) in [6.45, 7) is 7.91. The number of aromatic nitrogens is 1. The Morgan fingerprint density at radius 3 is 2.52 bits per heavy atom. The SMILES string of the molecule is CNc1ccc(C(=O)NC(C)c2sc(C)nc2C)c(C)c1. The Morgan fingerprint density at radius 2 is 2.00 bits per heavy atom. The van der Waals surface area contributed by atoms with Crippen LogP contribution in [0, 0.1) is 20.8 Å². The minimum Gasteiger partial charge on any atom is -0.388 e. The van der Waals surface area contributed by atoms with Crippen LogP contribution in [0.5, 0.6) is 0 Å². The second-order valence-electron chi connectivity index (χ2n) is 5.16. The van der Waals surface area contributed by atoms with Gasteiger partial charge in [-0.2, -0.15) is 0 Å². The van der Waals surface area contributed by atoms with Crippen LogP contribution in [-0.4, -0.2) is 17.9 Å². The van der Waals surface area contributed by atoms with Gasteiger partial charge in [-0.3, -0.25) is 4.79 Å². The van der Waals surface area contributed by atoms with Gasteiger partial charge in [-0.1, -0.05) is 0 Å². The number of nitrogens with one attached hydrogen (secondary N) is 2. The van der Waals surface area contributed by atoms with E-state index < -0.39 is 0 Å². The molecule has 1 aromatic heterocycles. The summed E-state index contributed by atoms with van der Waals surface area (Å²) in [6, 6.07) is 5.71. The van der Waals surface area contributed by atoms with Crippen LogP contribution in [0.25, 0.3) is 0 Å². The Hall–Kier alpha value is -1.88. The van der Waals surface area contributed by atoms with Crippen LogP contribution in [0.3, 0.4) is 0 Å². The summed E-state index contributed by atoms with van der Waals surface area (Å²) in [5, 5.41) is 7.15. The van der Waals surface area contributed by atoms with Gasteiger partial charge >= 0.3 is 0 Å². The molecule has 2 N–H and O–H groups in total. The quantitative estimate of drug-likeness (QED) is 0.907. The summed E-state index contributed by atoms with van der Waals surface area (Å²) < 4.78 is 0. The zero-order valence-electron chi connectivity index (χ0n) is 13.1. The summed E-state index contributed by atoms with van der Waals surface area (Å²) in [5.41, 5.74) is 3.67. The highest BCUT2D eigenvalue weighted by Crippen LogP contribution is 2.25. The molecule has 0 saturated carbocycles. The van der Waals surface area contributed by atoms with E-state index in [2.05, 4.69) is 15.6 Å². The molecule has 4 nitrogen and oxygen atoms in total. The lowest BCUT2D eigenvalue weighted by Gasteiger charge is -2.14. The van der Waals surface area contributed by atoms with Gasteiger partial charge in [0.1, 0.15) is 0 Å². The second kappa shape index (κ2) is 6.26. The summed E-state index contributed by atoms with van der Waals surface area (Å²) in [5.74, 6) is -0.0480. The number of benzene rings is 1. The molecule has 1 atom stereocenters. The van der Waals surface area contributed by atoms with Crippen LogP contribution < -0.4 is 10.6 Å². The molecule has 112 valence electrons. The van der Waals surface area contributed by atoms with Crippen LogP contribution in [-0.2, 0) is 0 Å². The number of amides is 1. The highest BCUT2D eigenvalue weighted by atomic mass is 32.1. The maximum absolute atomic E-state index is 12.4. The third-order valence-electron chi connectivity index (χ3n) is 3.44. The molecule has 0 spiro atoms. The standard InChI is InChI=1S/C16H21N3OS/c1-9-8-13(17-5)6-7-14(9)16(20)19-11(3)15-10(2)18-12(4)21-15/h6-8,11,17H,1-5H3,(H,19,20). The maximum atomic E-state index is 12.4. The largest absolute Gasteiger partial charge is 0.388 e. The molecule has 0 aliphatic carbocycles. The van der Waals surface area contributed by atoms with Crippen molar-refractivity contribution in [3.63, 3.8) is 0 Å². The Morgan fingerprint density at radius 1 is 1.29 bits per heavy atom. The Bertz CT molecular complexity index is 664. The first-order chi connectivity index (χ1) is 9.92. The lowest BCUT2D eigenvalue weighted by molar-refractivity contribution is 0.0940. The van der Waals surface area contributed by atoms with Crippen LogP contribution in [0.1, 0.15) is 44.5 Å². The zero-order valence-corrected chi connectivity index (χ0v) is 13.9. The molecule has 0 fully saturated rings. The minimum atomic E-state index is -0.0480. The van der Waals surface area contributed by atoms with E-state index in [1.807, 2.05) is 52.9 Å². The van der Waals surface area contributed by atoms with Crippen molar-refractivity contribution in [3.05, 3.63) is 44.9 Å². The van der Waals surface area contributed by atoms with Crippen molar-refractivity contribution in [2.45, 2.75) is 33.7 Å². The van der Waals surface area contributed by atoms with Crippen molar-refractivity contribution in [2.75, 3.05) is 12.4 Å².